The van der Waals surface area contributed by atoms with Gasteiger partial charge >= 0.3 is 0 Å². The van der Waals surface area contributed by atoms with Crippen molar-refractivity contribution in [2.45, 2.75) is 25.7 Å². The molecule has 0 spiro atoms. The van der Waals surface area contributed by atoms with E-state index in [0.717, 1.165) is 0 Å². The summed E-state index contributed by atoms with van der Waals surface area (Å²) in [5.41, 5.74) is 0.610. The van der Waals surface area contributed by atoms with Crippen LogP contribution >= 0.6 is 0 Å². The van der Waals surface area contributed by atoms with Crippen LogP contribution < -0.4 is 10.1 Å². The van der Waals surface area contributed by atoms with Crippen molar-refractivity contribution >= 4 is 23.4 Å². The van der Waals surface area contributed by atoms with E-state index in [1.54, 1.807) is 18.2 Å². The fraction of sp³-hybridized carbons (Fsp3) is 0.400. The molecule has 1 aromatic carbocycles. The highest BCUT2D eigenvalue weighted by atomic mass is 16.5. The van der Waals surface area contributed by atoms with E-state index in [1.165, 1.54) is 12.0 Å². The number of carbonyl (C=O) groups excluding carboxylic acids is 3. The maximum absolute atomic E-state index is 11.9. The molecule has 6 heteroatoms. The topological polar surface area (TPSA) is 75.7 Å². The Kier molecular flexibility index (Phi) is 4.92. The van der Waals surface area contributed by atoms with E-state index in [1.807, 2.05) is 6.07 Å². The molecule has 1 aliphatic rings. The van der Waals surface area contributed by atoms with Crippen molar-refractivity contribution in [1.29, 1.82) is 0 Å². The molecule has 0 radical (unpaired) electrons. The lowest BCUT2D eigenvalue weighted by Gasteiger charge is -2.13. The molecule has 0 aliphatic carbocycles. The van der Waals surface area contributed by atoms with Gasteiger partial charge in [0.05, 0.1) is 12.8 Å². The van der Waals surface area contributed by atoms with Gasteiger partial charge in [-0.2, -0.15) is 0 Å². The first-order chi connectivity index (χ1) is 10.1. The Bertz CT molecular complexity index is 540. The van der Waals surface area contributed by atoms with Crippen molar-refractivity contribution in [3.63, 3.8) is 0 Å². The number of amides is 3. The molecular formula is C15H18N2O4. The monoisotopic (exact) mass is 290 g/mol. The lowest BCUT2D eigenvalue weighted by atomic mass is 10.2. The van der Waals surface area contributed by atoms with Crippen molar-refractivity contribution < 1.29 is 19.1 Å². The van der Waals surface area contributed by atoms with E-state index in [0.29, 0.717) is 24.4 Å². The van der Waals surface area contributed by atoms with Crippen molar-refractivity contribution in [2.24, 2.45) is 0 Å². The van der Waals surface area contributed by atoms with Crippen molar-refractivity contribution in [1.82, 2.24) is 4.90 Å². The summed E-state index contributed by atoms with van der Waals surface area (Å²) in [5.74, 6) is 0.129. The van der Waals surface area contributed by atoms with Crippen LogP contribution in [0.2, 0.25) is 0 Å². The predicted molar refractivity (Wildman–Crippen MR) is 76.8 cm³/mol. The van der Waals surface area contributed by atoms with Gasteiger partial charge in [0.1, 0.15) is 5.75 Å². The number of benzene rings is 1. The lowest BCUT2D eigenvalue weighted by Crippen LogP contribution is -2.30. The zero-order valence-electron chi connectivity index (χ0n) is 11.9. The second-order valence-corrected chi connectivity index (χ2v) is 4.79. The zero-order chi connectivity index (χ0) is 15.2. The first-order valence-corrected chi connectivity index (χ1v) is 6.88. The molecule has 0 saturated carbocycles. The number of rotatable bonds is 6. The van der Waals surface area contributed by atoms with Crippen LogP contribution in [0.3, 0.4) is 0 Å². The Morgan fingerprint density at radius 1 is 1.24 bits per heavy atom. The minimum Gasteiger partial charge on any atom is -0.495 e. The van der Waals surface area contributed by atoms with Gasteiger partial charge in [-0.1, -0.05) is 12.1 Å². The van der Waals surface area contributed by atoms with Gasteiger partial charge in [0.2, 0.25) is 17.7 Å². The molecule has 1 N–H and O–H groups in total. The number of nitrogens with one attached hydrogen (secondary N) is 1. The lowest BCUT2D eigenvalue weighted by molar-refractivity contribution is -0.138. The van der Waals surface area contributed by atoms with Gasteiger partial charge in [-0.25, -0.2) is 0 Å². The summed E-state index contributed by atoms with van der Waals surface area (Å²) in [7, 11) is 1.54. The smallest absolute Gasteiger partial charge is 0.229 e. The second kappa shape index (κ2) is 6.88. The average Bonchev–Trinajstić information content (AvgIpc) is 2.79. The summed E-state index contributed by atoms with van der Waals surface area (Å²) in [6.45, 7) is 0.303. The highest BCUT2D eigenvalue weighted by molar-refractivity contribution is 6.02. The van der Waals surface area contributed by atoms with Crippen LogP contribution in [-0.2, 0) is 14.4 Å². The number of imide groups is 1. The van der Waals surface area contributed by atoms with Crippen LogP contribution in [0.25, 0.3) is 0 Å². The summed E-state index contributed by atoms with van der Waals surface area (Å²) >= 11 is 0. The fourth-order valence-corrected chi connectivity index (χ4v) is 2.23. The van der Waals surface area contributed by atoms with E-state index in [2.05, 4.69) is 5.32 Å². The first-order valence-electron chi connectivity index (χ1n) is 6.88. The molecule has 1 saturated heterocycles. The molecule has 2 rings (SSSR count). The third-order valence-corrected chi connectivity index (χ3v) is 3.32. The van der Waals surface area contributed by atoms with Crippen LogP contribution in [0.1, 0.15) is 25.7 Å². The van der Waals surface area contributed by atoms with Gasteiger partial charge < -0.3 is 10.1 Å². The number of anilines is 1. The van der Waals surface area contributed by atoms with E-state index < -0.39 is 0 Å². The molecule has 0 atom stereocenters. The van der Waals surface area contributed by atoms with Crippen LogP contribution in [0.15, 0.2) is 24.3 Å². The third-order valence-electron chi connectivity index (χ3n) is 3.32. The quantitative estimate of drug-likeness (QED) is 0.807. The molecule has 0 aromatic heterocycles. The van der Waals surface area contributed by atoms with Crippen LogP contribution in [-0.4, -0.2) is 36.3 Å². The number of likely N-dealkylation sites (tertiary alicyclic amines) is 1. The molecule has 21 heavy (non-hydrogen) atoms. The molecule has 112 valence electrons. The molecule has 1 aliphatic heterocycles. The normalized spacial score (nSPS) is 14.4. The molecule has 3 amide bonds. The van der Waals surface area contributed by atoms with Crippen LogP contribution in [0.5, 0.6) is 5.75 Å². The number of carbonyl (C=O) groups is 3. The number of para-hydroxylation sites is 2. The van der Waals surface area contributed by atoms with Gasteiger partial charge in [0, 0.05) is 25.8 Å². The minimum atomic E-state index is -0.168. The minimum absolute atomic E-state index is 0.148. The molecule has 1 fully saturated rings. The Labute approximate surface area is 123 Å². The van der Waals surface area contributed by atoms with Crippen molar-refractivity contribution in [3.05, 3.63) is 24.3 Å². The van der Waals surface area contributed by atoms with Gasteiger partial charge in [0.25, 0.3) is 0 Å². The fourth-order valence-electron chi connectivity index (χ4n) is 2.23. The molecule has 1 heterocycles. The highest BCUT2D eigenvalue weighted by Crippen LogP contribution is 2.23. The predicted octanol–water partition coefficient (Wildman–Crippen LogP) is 1.56. The Balaban J connectivity index is 1.80. The molecule has 1 aromatic rings. The van der Waals surface area contributed by atoms with E-state index >= 15 is 0 Å². The SMILES string of the molecule is COc1ccccc1NC(=O)CCCN1C(=O)CCC1=O. The Morgan fingerprint density at radius 2 is 1.90 bits per heavy atom. The molecule has 6 nitrogen and oxygen atoms in total. The van der Waals surface area contributed by atoms with Crippen LogP contribution in [0.4, 0.5) is 5.69 Å². The average molecular weight is 290 g/mol. The number of hydrogen-bond acceptors (Lipinski definition) is 4. The molecular weight excluding hydrogens is 272 g/mol. The van der Waals surface area contributed by atoms with Gasteiger partial charge in [0.15, 0.2) is 0 Å². The number of ether oxygens (including phenoxy) is 1. The van der Waals surface area contributed by atoms with Crippen LogP contribution in [0, 0.1) is 0 Å². The highest BCUT2D eigenvalue weighted by Gasteiger charge is 2.28. The Hall–Kier alpha value is -2.37. The standard InChI is InChI=1S/C15H18N2O4/c1-21-12-6-3-2-5-11(12)16-13(18)7-4-10-17-14(19)8-9-15(17)20/h2-3,5-6H,4,7-10H2,1H3,(H,16,18). The van der Waals surface area contributed by atoms with Crippen molar-refractivity contribution in [2.75, 3.05) is 19.0 Å². The summed E-state index contributed by atoms with van der Waals surface area (Å²) in [4.78, 5) is 35.9. The van der Waals surface area contributed by atoms with Gasteiger partial charge in [-0.15, -0.1) is 0 Å². The first kappa shape index (κ1) is 15.0. The summed E-state index contributed by atoms with van der Waals surface area (Å²) in [6.07, 6.45) is 1.27. The molecule has 0 bridgehead atoms. The van der Waals surface area contributed by atoms with Gasteiger partial charge in [-0.3, -0.25) is 19.3 Å². The largest absolute Gasteiger partial charge is 0.495 e. The van der Waals surface area contributed by atoms with Gasteiger partial charge in [-0.05, 0) is 18.6 Å². The second-order valence-electron chi connectivity index (χ2n) is 4.79. The van der Waals surface area contributed by atoms with E-state index in [4.69, 9.17) is 4.74 Å². The van der Waals surface area contributed by atoms with E-state index in [-0.39, 0.29) is 37.0 Å². The zero-order valence-corrected chi connectivity index (χ0v) is 11.9. The summed E-state index contributed by atoms with van der Waals surface area (Å²) in [6, 6.07) is 7.14. The third kappa shape index (κ3) is 3.81. The number of methoxy groups -OCH3 is 1. The maximum Gasteiger partial charge on any atom is 0.229 e. The molecule has 0 unspecified atom stereocenters. The summed E-state index contributed by atoms with van der Waals surface area (Å²) in [5, 5.41) is 2.76. The maximum atomic E-state index is 11.9. The summed E-state index contributed by atoms with van der Waals surface area (Å²) < 4.78 is 5.15. The van der Waals surface area contributed by atoms with Crippen molar-refractivity contribution in [3.8, 4) is 5.75 Å². The Morgan fingerprint density at radius 3 is 2.57 bits per heavy atom. The number of nitrogens with zero attached hydrogens (tertiary/aromatic N) is 1. The van der Waals surface area contributed by atoms with E-state index in [9.17, 15) is 14.4 Å². The number of hydrogen-bond donors (Lipinski definition) is 1.